The zero-order chi connectivity index (χ0) is 12.7. The molecular weight excluding hydrogens is 300 g/mol. The van der Waals surface area contributed by atoms with E-state index in [1.807, 2.05) is 12.1 Å². The first-order chi connectivity index (χ1) is 8.66. The summed E-state index contributed by atoms with van der Waals surface area (Å²) in [5.41, 5.74) is 0.872. The highest BCUT2D eigenvalue weighted by molar-refractivity contribution is 9.10. The van der Waals surface area contributed by atoms with Crippen molar-refractivity contribution in [3.8, 4) is 0 Å². The third kappa shape index (κ3) is 1.67. The summed E-state index contributed by atoms with van der Waals surface area (Å²) in [4.78, 5) is 28.5. The number of nitrogens with zero attached hydrogens (tertiary/aromatic N) is 3. The lowest BCUT2D eigenvalue weighted by molar-refractivity contribution is -0.120. The predicted molar refractivity (Wildman–Crippen MR) is 68.4 cm³/mol. The van der Waals surface area contributed by atoms with Gasteiger partial charge in [-0.3, -0.25) is 19.4 Å². The quantitative estimate of drug-likeness (QED) is 0.869. The first-order valence-electron chi connectivity index (χ1n) is 5.39. The number of aromatic nitrogens is 2. The van der Waals surface area contributed by atoms with E-state index in [2.05, 4.69) is 26.2 Å². The summed E-state index contributed by atoms with van der Waals surface area (Å²) < 4.78 is 2.71. The maximum Gasteiger partial charge on any atom is 0.329 e. The van der Waals surface area contributed by atoms with E-state index in [9.17, 15) is 9.59 Å². The van der Waals surface area contributed by atoms with Gasteiger partial charge >= 0.3 is 6.03 Å². The van der Waals surface area contributed by atoms with Crippen LogP contribution in [0, 0.1) is 0 Å². The second-order valence-corrected chi connectivity index (χ2v) is 4.80. The maximum absolute atomic E-state index is 11.8. The first-order valence-corrected chi connectivity index (χ1v) is 6.18. The third-order valence-corrected chi connectivity index (χ3v) is 3.51. The van der Waals surface area contributed by atoms with Gasteiger partial charge in [0, 0.05) is 17.4 Å². The van der Waals surface area contributed by atoms with Crippen LogP contribution in [0.15, 0.2) is 29.1 Å². The molecule has 0 atom stereocenters. The Hall–Kier alpha value is -1.89. The number of carbonyl (C=O) groups excluding carboxylic acids is 2. The molecule has 0 aromatic carbocycles. The van der Waals surface area contributed by atoms with E-state index in [0.717, 1.165) is 9.99 Å². The largest absolute Gasteiger partial charge is 0.329 e. The lowest BCUT2D eigenvalue weighted by Gasteiger charge is -2.27. The molecule has 7 heteroatoms. The average Bonchev–Trinajstić information content (AvgIpc) is 2.81. The molecule has 92 valence electrons. The summed E-state index contributed by atoms with van der Waals surface area (Å²) in [6, 6.07) is 3.27. The van der Waals surface area contributed by atoms with E-state index in [1.54, 1.807) is 16.9 Å². The van der Waals surface area contributed by atoms with E-state index in [4.69, 9.17) is 0 Å². The number of rotatable bonds is 1. The predicted octanol–water partition coefficient (Wildman–Crippen LogP) is 1.54. The zero-order valence-corrected chi connectivity index (χ0v) is 10.8. The molecule has 3 rings (SSSR count). The van der Waals surface area contributed by atoms with Crippen molar-refractivity contribution >= 4 is 39.2 Å². The standard InChI is InChI=1S/C11H9BrN4O2/c12-7-1-2-10(16-6-13-5-8(7)16)15-4-3-9(17)14-11(15)18/h1-2,5-6H,3-4H2,(H,14,17,18). The zero-order valence-electron chi connectivity index (χ0n) is 9.26. The molecule has 1 N–H and O–H groups in total. The lowest BCUT2D eigenvalue weighted by atomic mass is 10.3. The summed E-state index contributed by atoms with van der Waals surface area (Å²) in [5, 5.41) is 2.30. The molecule has 18 heavy (non-hydrogen) atoms. The fourth-order valence-electron chi connectivity index (χ4n) is 1.97. The van der Waals surface area contributed by atoms with Crippen LogP contribution in [-0.4, -0.2) is 27.9 Å². The van der Waals surface area contributed by atoms with Crippen LogP contribution in [0.2, 0.25) is 0 Å². The minimum atomic E-state index is -0.399. The Kier molecular flexibility index (Phi) is 2.55. The molecule has 0 aliphatic carbocycles. The molecule has 3 heterocycles. The Morgan fingerprint density at radius 1 is 1.33 bits per heavy atom. The number of pyridine rings is 1. The van der Waals surface area contributed by atoms with Crippen LogP contribution in [0.5, 0.6) is 0 Å². The highest BCUT2D eigenvalue weighted by atomic mass is 79.9. The van der Waals surface area contributed by atoms with Crippen molar-refractivity contribution in [2.75, 3.05) is 11.4 Å². The number of halogens is 1. The molecule has 1 aliphatic rings. The molecule has 0 bridgehead atoms. The number of imidazole rings is 1. The molecule has 1 fully saturated rings. The van der Waals surface area contributed by atoms with E-state index in [-0.39, 0.29) is 5.91 Å². The van der Waals surface area contributed by atoms with Gasteiger partial charge in [-0.05, 0) is 28.1 Å². The number of urea groups is 1. The number of hydrogen-bond donors (Lipinski definition) is 1. The van der Waals surface area contributed by atoms with Crippen molar-refractivity contribution in [2.45, 2.75) is 6.42 Å². The van der Waals surface area contributed by atoms with Crippen LogP contribution in [0.25, 0.3) is 5.52 Å². The van der Waals surface area contributed by atoms with Crippen molar-refractivity contribution in [3.63, 3.8) is 0 Å². The van der Waals surface area contributed by atoms with Crippen LogP contribution in [0.3, 0.4) is 0 Å². The van der Waals surface area contributed by atoms with Gasteiger partial charge in [0.05, 0.1) is 11.7 Å². The van der Waals surface area contributed by atoms with Gasteiger partial charge < -0.3 is 0 Å². The minimum absolute atomic E-state index is 0.241. The van der Waals surface area contributed by atoms with Gasteiger partial charge in [-0.2, -0.15) is 0 Å². The normalized spacial score (nSPS) is 16.2. The first kappa shape index (κ1) is 11.2. The Morgan fingerprint density at radius 2 is 2.17 bits per heavy atom. The number of fused-ring (bicyclic) bond motifs is 1. The van der Waals surface area contributed by atoms with Gasteiger partial charge in [0.1, 0.15) is 12.1 Å². The second-order valence-electron chi connectivity index (χ2n) is 3.94. The van der Waals surface area contributed by atoms with Crippen LogP contribution >= 0.6 is 15.9 Å². The number of imide groups is 1. The number of carbonyl (C=O) groups is 2. The van der Waals surface area contributed by atoms with E-state index in [1.165, 1.54) is 4.90 Å². The summed E-state index contributed by atoms with van der Waals surface area (Å²) in [7, 11) is 0. The van der Waals surface area contributed by atoms with Crippen LogP contribution in [0.4, 0.5) is 10.6 Å². The number of anilines is 1. The Morgan fingerprint density at radius 3 is 2.94 bits per heavy atom. The van der Waals surface area contributed by atoms with Crippen molar-refractivity contribution in [1.29, 1.82) is 0 Å². The number of amides is 3. The van der Waals surface area contributed by atoms with E-state index < -0.39 is 6.03 Å². The summed E-state index contributed by atoms with van der Waals surface area (Å²) >= 11 is 3.42. The van der Waals surface area contributed by atoms with Crippen LogP contribution in [-0.2, 0) is 4.79 Å². The molecule has 6 nitrogen and oxygen atoms in total. The molecule has 1 saturated heterocycles. The van der Waals surface area contributed by atoms with Crippen molar-refractivity contribution in [3.05, 3.63) is 29.1 Å². The summed E-state index contributed by atoms with van der Waals surface area (Å²) in [5.74, 6) is 0.450. The number of nitrogens with one attached hydrogen (secondary N) is 1. The van der Waals surface area contributed by atoms with Gasteiger partial charge in [0.25, 0.3) is 0 Å². The van der Waals surface area contributed by atoms with Gasteiger partial charge in [0.2, 0.25) is 5.91 Å². The maximum atomic E-state index is 11.8. The van der Waals surface area contributed by atoms with Crippen molar-refractivity contribution in [1.82, 2.24) is 14.7 Å². The van der Waals surface area contributed by atoms with Gasteiger partial charge in [-0.25, -0.2) is 9.78 Å². The molecule has 0 saturated carbocycles. The molecule has 1 aliphatic heterocycles. The van der Waals surface area contributed by atoms with Crippen LogP contribution in [0.1, 0.15) is 6.42 Å². The fraction of sp³-hybridized carbons (Fsp3) is 0.182. The third-order valence-electron chi connectivity index (χ3n) is 2.84. The molecule has 0 radical (unpaired) electrons. The lowest BCUT2D eigenvalue weighted by Crippen LogP contribution is -2.50. The molecule has 0 spiro atoms. The summed E-state index contributed by atoms with van der Waals surface area (Å²) in [6.45, 7) is 0.375. The summed E-state index contributed by atoms with van der Waals surface area (Å²) in [6.07, 6.45) is 3.65. The average molecular weight is 309 g/mol. The Balaban J connectivity index is 2.09. The van der Waals surface area contributed by atoms with E-state index in [0.29, 0.717) is 18.8 Å². The monoisotopic (exact) mass is 308 g/mol. The minimum Gasteiger partial charge on any atom is -0.284 e. The van der Waals surface area contributed by atoms with Gasteiger partial charge in [-0.1, -0.05) is 0 Å². The highest BCUT2D eigenvalue weighted by Gasteiger charge is 2.25. The van der Waals surface area contributed by atoms with Crippen molar-refractivity contribution in [2.24, 2.45) is 0 Å². The SMILES string of the molecule is O=C1CCN(c2ccc(Br)c3cncn23)C(=O)N1. The van der Waals surface area contributed by atoms with Gasteiger partial charge in [-0.15, -0.1) is 0 Å². The molecular formula is C11H9BrN4O2. The number of hydrogen-bond acceptors (Lipinski definition) is 3. The molecule has 0 unspecified atom stereocenters. The van der Waals surface area contributed by atoms with Crippen LogP contribution < -0.4 is 10.2 Å². The highest BCUT2D eigenvalue weighted by Crippen LogP contribution is 2.25. The second kappa shape index (κ2) is 4.09. The molecule has 2 aromatic heterocycles. The Labute approximate surface area is 111 Å². The topological polar surface area (TPSA) is 66.7 Å². The van der Waals surface area contributed by atoms with Crippen molar-refractivity contribution < 1.29 is 9.59 Å². The molecule has 2 aromatic rings. The Bertz CT molecular complexity index is 652. The van der Waals surface area contributed by atoms with E-state index >= 15 is 0 Å². The molecule has 3 amide bonds. The fourth-order valence-corrected chi connectivity index (χ4v) is 2.40. The van der Waals surface area contributed by atoms with Gasteiger partial charge in [0.15, 0.2) is 0 Å². The smallest absolute Gasteiger partial charge is 0.284 e.